The van der Waals surface area contributed by atoms with Crippen molar-refractivity contribution in [2.75, 3.05) is 0 Å². The summed E-state index contributed by atoms with van der Waals surface area (Å²) in [6, 6.07) is 0. The Morgan fingerprint density at radius 2 is 1.39 bits per heavy atom. The van der Waals surface area contributed by atoms with Gasteiger partial charge in [0.1, 0.15) is 14.6 Å². The first-order chi connectivity index (χ1) is 8.03. The number of fused-ring (bicyclic) bond motifs is 4. The molecule has 8 heteroatoms. The van der Waals surface area contributed by atoms with E-state index in [2.05, 4.69) is 0 Å². The molecule has 0 amide bonds. The van der Waals surface area contributed by atoms with Gasteiger partial charge in [-0.2, -0.15) is 0 Å². The van der Waals surface area contributed by atoms with Crippen LogP contribution in [-0.4, -0.2) is 34.6 Å². The summed E-state index contributed by atoms with van der Waals surface area (Å²) in [7, 11) is 0. The second-order valence-corrected chi connectivity index (χ2v) is 10.5. The van der Waals surface area contributed by atoms with Gasteiger partial charge in [-0.3, -0.25) is 0 Å². The van der Waals surface area contributed by atoms with Crippen LogP contribution in [0, 0.1) is 11.8 Å². The molecule has 18 heavy (non-hydrogen) atoms. The van der Waals surface area contributed by atoms with Crippen LogP contribution in [0.3, 0.4) is 0 Å². The standard InChI is InChI=1S/C10H6Cl8/c11-4-3-2-1-6(4,13)9(16)5(12)7(3,14)10(17,18)8(2,9)15/h2-5H,1H2/t2-,3-,4?,5?,6+,7-,8-,9-/m0/s1. The third kappa shape index (κ3) is 0.831. The maximum Gasteiger partial charge on any atom is 0.160 e. The van der Waals surface area contributed by atoms with Crippen LogP contribution in [0.5, 0.6) is 0 Å². The van der Waals surface area contributed by atoms with Gasteiger partial charge >= 0.3 is 0 Å². The average molecular weight is 410 g/mol. The topological polar surface area (TPSA) is 0 Å². The second-order valence-electron chi connectivity index (χ2n) is 5.73. The second kappa shape index (κ2) is 3.16. The summed E-state index contributed by atoms with van der Waals surface area (Å²) in [5, 5.41) is -1.16. The molecule has 0 spiro atoms. The molecule has 4 saturated carbocycles. The van der Waals surface area contributed by atoms with E-state index in [-0.39, 0.29) is 11.8 Å². The van der Waals surface area contributed by atoms with Crippen molar-refractivity contribution in [2.24, 2.45) is 11.8 Å². The molecule has 0 heterocycles. The molecule has 4 aliphatic rings. The van der Waals surface area contributed by atoms with Crippen LogP contribution in [-0.2, 0) is 0 Å². The number of alkyl halides is 8. The van der Waals surface area contributed by atoms with Crippen LogP contribution < -0.4 is 0 Å². The molecule has 0 aliphatic heterocycles. The van der Waals surface area contributed by atoms with Crippen molar-refractivity contribution in [3.8, 4) is 0 Å². The maximum absolute atomic E-state index is 6.75. The molecule has 0 saturated heterocycles. The summed E-state index contributed by atoms with van der Waals surface area (Å²) in [5.74, 6) is -0.340. The third-order valence-electron chi connectivity index (χ3n) is 5.49. The van der Waals surface area contributed by atoms with Gasteiger partial charge in [-0.05, 0) is 12.3 Å². The molecule has 4 rings (SSSR count). The van der Waals surface area contributed by atoms with Crippen molar-refractivity contribution in [3.05, 3.63) is 0 Å². The Hall–Kier alpha value is 2.32. The zero-order valence-electron chi connectivity index (χ0n) is 8.54. The predicted octanol–water partition coefficient (Wildman–Crippen LogP) is 4.96. The summed E-state index contributed by atoms with van der Waals surface area (Å²) in [6.45, 7) is 0. The van der Waals surface area contributed by atoms with Crippen molar-refractivity contribution in [2.45, 2.75) is 41.0 Å². The molecule has 0 aromatic heterocycles. The van der Waals surface area contributed by atoms with Gasteiger partial charge < -0.3 is 0 Å². The van der Waals surface area contributed by atoms with E-state index in [1.165, 1.54) is 0 Å². The summed E-state index contributed by atoms with van der Waals surface area (Å²) in [5.41, 5.74) is 0. The fourth-order valence-corrected chi connectivity index (χ4v) is 10.2. The molecule has 4 bridgehead atoms. The largest absolute Gasteiger partial charge is 0.160 e. The first-order valence-corrected chi connectivity index (χ1v) is 8.58. The highest BCUT2D eigenvalue weighted by molar-refractivity contribution is 6.65. The van der Waals surface area contributed by atoms with E-state index in [1.807, 2.05) is 0 Å². The van der Waals surface area contributed by atoms with E-state index >= 15 is 0 Å². The third-order valence-corrected chi connectivity index (χ3v) is 12.1. The number of hydrogen-bond donors (Lipinski definition) is 0. The van der Waals surface area contributed by atoms with Gasteiger partial charge in [0.2, 0.25) is 0 Å². The smallest absolute Gasteiger partial charge is 0.121 e. The van der Waals surface area contributed by atoms with Crippen LogP contribution >= 0.6 is 92.8 Å². The minimum absolute atomic E-state index is 0.112. The zero-order valence-corrected chi connectivity index (χ0v) is 14.6. The summed E-state index contributed by atoms with van der Waals surface area (Å²) < 4.78 is -1.45. The maximum atomic E-state index is 6.75. The van der Waals surface area contributed by atoms with Crippen LogP contribution in [0.15, 0.2) is 0 Å². The molecule has 2 unspecified atom stereocenters. The van der Waals surface area contributed by atoms with Crippen molar-refractivity contribution in [1.29, 1.82) is 0 Å². The van der Waals surface area contributed by atoms with E-state index in [0.717, 1.165) is 0 Å². The minimum atomic E-state index is -1.45. The highest BCUT2D eigenvalue weighted by atomic mass is 35.5. The van der Waals surface area contributed by atoms with E-state index in [4.69, 9.17) is 92.8 Å². The van der Waals surface area contributed by atoms with Crippen molar-refractivity contribution in [3.63, 3.8) is 0 Å². The lowest BCUT2D eigenvalue weighted by Crippen LogP contribution is -2.70. The lowest BCUT2D eigenvalue weighted by Gasteiger charge is -2.55. The molecule has 0 aromatic rings. The van der Waals surface area contributed by atoms with E-state index in [9.17, 15) is 0 Å². The summed E-state index contributed by atoms with van der Waals surface area (Å²) in [4.78, 5) is -4.41. The van der Waals surface area contributed by atoms with Crippen molar-refractivity contribution in [1.82, 2.24) is 0 Å². The molecule has 102 valence electrons. The first kappa shape index (κ1) is 13.9. The number of hydrogen-bond acceptors (Lipinski definition) is 0. The Kier molecular flexibility index (Phi) is 2.45. The van der Waals surface area contributed by atoms with Crippen molar-refractivity contribution >= 4 is 92.8 Å². The fraction of sp³-hybridized carbons (Fsp3) is 1.00. The number of halogens is 8. The van der Waals surface area contributed by atoms with Crippen LogP contribution in [0.25, 0.3) is 0 Å². The van der Waals surface area contributed by atoms with E-state index < -0.39 is 34.6 Å². The Morgan fingerprint density at radius 1 is 0.833 bits per heavy atom. The highest BCUT2D eigenvalue weighted by Gasteiger charge is 3.02. The number of rotatable bonds is 0. The first-order valence-electron chi connectivity index (χ1n) is 5.44. The van der Waals surface area contributed by atoms with Gasteiger partial charge in [0, 0.05) is 5.92 Å². The SMILES string of the molecule is ClC1[C@]2(Cl)[C@@]3(Cl)C[C@H]4[C@@H](C3Cl)[C@@]1(Cl)C(Cl)(Cl)[C@]42Cl. The predicted molar refractivity (Wildman–Crippen MR) is 79.7 cm³/mol. The Bertz CT molecular complexity index is 480. The lowest BCUT2D eigenvalue weighted by molar-refractivity contribution is 0.214. The molecule has 4 fully saturated rings. The van der Waals surface area contributed by atoms with Crippen LogP contribution in [0.2, 0.25) is 0 Å². The van der Waals surface area contributed by atoms with Gasteiger partial charge in [-0.15, -0.1) is 69.6 Å². The van der Waals surface area contributed by atoms with E-state index in [0.29, 0.717) is 6.42 Å². The Labute approximate surface area is 144 Å². The molecule has 0 N–H and O–H groups in total. The summed E-state index contributed by atoms with van der Waals surface area (Å²) >= 11 is 52.8. The molecule has 8 atom stereocenters. The molecule has 0 radical (unpaired) electrons. The monoisotopic (exact) mass is 406 g/mol. The van der Waals surface area contributed by atoms with Gasteiger partial charge in [0.05, 0.1) is 15.6 Å². The van der Waals surface area contributed by atoms with Crippen LogP contribution in [0.4, 0.5) is 0 Å². The van der Waals surface area contributed by atoms with Gasteiger partial charge in [-0.1, -0.05) is 23.2 Å². The van der Waals surface area contributed by atoms with Crippen molar-refractivity contribution < 1.29 is 0 Å². The van der Waals surface area contributed by atoms with Gasteiger partial charge in [0.15, 0.2) is 4.33 Å². The van der Waals surface area contributed by atoms with Gasteiger partial charge in [0.25, 0.3) is 0 Å². The normalized spacial score (nSPS) is 74.7. The molecular weight excluding hydrogens is 404 g/mol. The molecule has 4 aliphatic carbocycles. The van der Waals surface area contributed by atoms with Crippen LogP contribution in [0.1, 0.15) is 6.42 Å². The quantitative estimate of drug-likeness (QED) is 0.496. The highest BCUT2D eigenvalue weighted by Crippen LogP contribution is 2.91. The lowest BCUT2D eigenvalue weighted by atomic mass is 9.68. The zero-order chi connectivity index (χ0) is 13.5. The Morgan fingerprint density at radius 3 is 1.94 bits per heavy atom. The Balaban J connectivity index is 2.13. The van der Waals surface area contributed by atoms with E-state index in [1.54, 1.807) is 0 Å². The average Bonchev–Trinajstić information content (AvgIpc) is 2.71. The fourth-order valence-electron chi connectivity index (χ4n) is 4.83. The summed E-state index contributed by atoms with van der Waals surface area (Å²) in [6.07, 6.45) is 0.541. The molecule has 0 aromatic carbocycles. The molecular formula is C10H6Cl8. The minimum Gasteiger partial charge on any atom is -0.121 e. The molecule has 0 nitrogen and oxygen atoms in total. The van der Waals surface area contributed by atoms with Gasteiger partial charge in [-0.25, -0.2) is 0 Å².